The van der Waals surface area contributed by atoms with Gasteiger partial charge < -0.3 is 14.2 Å². The summed E-state index contributed by atoms with van der Waals surface area (Å²) in [5, 5.41) is 0.789. The van der Waals surface area contributed by atoms with Crippen molar-refractivity contribution in [1.82, 2.24) is 4.90 Å². The molecule has 0 atom stereocenters. The molecule has 1 aliphatic heterocycles. The highest BCUT2D eigenvalue weighted by molar-refractivity contribution is 8.13. The number of aliphatic imine (C=N–C) groups is 1. The van der Waals surface area contributed by atoms with Gasteiger partial charge in [0.25, 0.3) is 0 Å². The molecule has 0 radical (unpaired) electrons. The second-order valence-electron chi connectivity index (χ2n) is 6.54. The molecule has 1 saturated heterocycles. The summed E-state index contributed by atoms with van der Waals surface area (Å²) in [5.74, 6) is 2.59. The molecule has 3 rings (SSSR count). The van der Waals surface area contributed by atoms with E-state index in [0.717, 1.165) is 28.5 Å². The van der Waals surface area contributed by atoms with Crippen molar-refractivity contribution in [2.45, 2.75) is 19.4 Å². The third kappa shape index (κ3) is 5.23. The van der Waals surface area contributed by atoms with E-state index in [9.17, 15) is 4.79 Å². The number of nitrogens with zero attached hydrogens (tertiary/aromatic N) is 2. The number of rotatable bonds is 7. The fourth-order valence-electron chi connectivity index (χ4n) is 3.17. The van der Waals surface area contributed by atoms with E-state index in [1.807, 2.05) is 42.5 Å². The van der Waals surface area contributed by atoms with Gasteiger partial charge in [0.15, 0.2) is 16.7 Å². The van der Waals surface area contributed by atoms with E-state index in [-0.39, 0.29) is 12.3 Å². The van der Waals surface area contributed by atoms with E-state index in [4.69, 9.17) is 19.2 Å². The van der Waals surface area contributed by atoms with Crippen LogP contribution < -0.4 is 14.2 Å². The van der Waals surface area contributed by atoms with Gasteiger partial charge in [-0.25, -0.2) is 0 Å². The Morgan fingerprint density at radius 2 is 1.72 bits per heavy atom. The van der Waals surface area contributed by atoms with E-state index in [2.05, 4.69) is 0 Å². The summed E-state index contributed by atoms with van der Waals surface area (Å²) in [6, 6.07) is 13.7. The lowest BCUT2D eigenvalue weighted by atomic mass is 10.1. The molecule has 0 bridgehead atoms. The standard InChI is InChI=1S/C22H26N2O4S/c1-26-18-12-17(13-19(27-2)21(18)28-3)14-20(25)24-10-7-11-29-22(24)23-15-16-8-5-4-6-9-16/h4-6,8-9,12-13H,7,10-11,14-15H2,1-3H3. The predicted molar refractivity (Wildman–Crippen MR) is 116 cm³/mol. The molecule has 1 amide bonds. The fraction of sp³-hybridized carbons (Fsp3) is 0.364. The normalized spacial score (nSPS) is 15.3. The molecule has 2 aromatic carbocycles. The Kier molecular flexibility index (Phi) is 7.41. The smallest absolute Gasteiger partial charge is 0.232 e. The van der Waals surface area contributed by atoms with E-state index in [1.165, 1.54) is 0 Å². The maximum atomic E-state index is 13.1. The van der Waals surface area contributed by atoms with Gasteiger partial charge >= 0.3 is 0 Å². The van der Waals surface area contributed by atoms with Gasteiger partial charge in [-0.2, -0.15) is 0 Å². The van der Waals surface area contributed by atoms with Crippen molar-refractivity contribution < 1.29 is 19.0 Å². The summed E-state index contributed by atoms with van der Waals surface area (Å²) in [7, 11) is 4.70. The monoisotopic (exact) mass is 414 g/mol. The van der Waals surface area contributed by atoms with E-state index < -0.39 is 0 Å². The Morgan fingerprint density at radius 3 is 2.34 bits per heavy atom. The van der Waals surface area contributed by atoms with Crippen LogP contribution in [0, 0.1) is 0 Å². The van der Waals surface area contributed by atoms with Gasteiger partial charge in [-0.1, -0.05) is 42.1 Å². The molecule has 1 fully saturated rings. The zero-order valence-corrected chi connectivity index (χ0v) is 17.8. The maximum absolute atomic E-state index is 13.1. The van der Waals surface area contributed by atoms with Crippen LogP contribution in [-0.2, 0) is 17.8 Å². The summed E-state index contributed by atoms with van der Waals surface area (Å²) in [6.45, 7) is 1.25. The first-order chi connectivity index (χ1) is 14.2. The third-order valence-corrected chi connectivity index (χ3v) is 5.71. The SMILES string of the molecule is COc1cc(CC(=O)N2CCCSC2=NCc2ccccc2)cc(OC)c1OC. The van der Waals surface area contributed by atoms with Crippen LogP contribution in [0.15, 0.2) is 47.5 Å². The molecule has 1 heterocycles. The maximum Gasteiger partial charge on any atom is 0.232 e. The molecular weight excluding hydrogens is 388 g/mol. The van der Waals surface area contributed by atoms with E-state index in [0.29, 0.717) is 30.3 Å². The van der Waals surface area contributed by atoms with Gasteiger partial charge in [0.1, 0.15) is 0 Å². The van der Waals surface area contributed by atoms with Crippen LogP contribution in [0.4, 0.5) is 0 Å². The molecular formula is C22H26N2O4S. The predicted octanol–water partition coefficient (Wildman–Crippen LogP) is 3.78. The largest absolute Gasteiger partial charge is 0.493 e. The molecule has 0 saturated carbocycles. The van der Waals surface area contributed by atoms with Crippen molar-refractivity contribution in [3.8, 4) is 17.2 Å². The molecule has 0 N–H and O–H groups in total. The topological polar surface area (TPSA) is 60.4 Å². The Labute approximate surface area is 175 Å². The number of carbonyl (C=O) groups excluding carboxylic acids is 1. The molecule has 7 heteroatoms. The van der Waals surface area contributed by atoms with Crippen LogP contribution in [0.3, 0.4) is 0 Å². The highest BCUT2D eigenvalue weighted by atomic mass is 32.2. The lowest BCUT2D eigenvalue weighted by Gasteiger charge is -2.28. The molecule has 0 spiro atoms. The fourth-order valence-corrected chi connectivity index (χ4v) is 4.13. The first-order valence-corrected chi connectivity index (χ1v) is 10.4. The Hall–Kier alpha value is -2.67. The van der Waals surface area contributed by atoms with Crippen molar-refractivity contribution >= 4 is 22.8 Å². The first kappa shape index (κ1) is 21.0. The highest BCUT2D eigenvalue weighted by Gasteiger charge is 2.24. The minimum atomic E-state index is 0.0123. The van der Waals surface area contributed by atoms with E-state index >= 15 is 0 Å². The van der Waals surface area contributed by atoms with Gasteiger partial charge in [-0.15, -0.1) is 0 Å². The Bertz CT molecular complexity index is 845. The highest BCUT2D eigenvalue weighted by Crippen LogP contribution is 2.38. The van der Waals surface area contributed by atoms with Crippen LogP contribution >= 0.6 is 11.8 Å². The number of carbonyl (C=O) groups is 1. The van der Waals surface area contributed by atoms with Crippen molar-refractivity contribution in [2.75, 3.05) is 33.6 Å². The van der Waals surface area contributed by atoms with Gasteiger partial charge in [0.05, 0.1) is 34.3 Å². The molecule has 0 aromatic heterocycles. The van der Waals surface area contributed by atoms with Gasteiger partial charge in [0, 0.05) is 12.3 Å². The molecule has 0 unspecified atom stereocenters. The number of benzene rings is 2. The molecule has 29 heavy (non-hydrogen) atoms. The summed E-state index contributed by atoms with van der Waals surface area (Å²) in [4.78, 5) is 19.6. The van der Waals surface area contributed by atoms with Gasteiger partial charge in [-0.05, 0) is 29.7 Å². The lowest BCUT2D eigenvalue weighted by molar-refractivity contribution is -0.126. The van der Waals surface area contributed by atoms with Gasteiger partial charge in [0.2, 0.25) is 11.7 Å². The molecule has 0 aliphatic carbocycles. The van der Waals surface area contributed by atoms with Crippen LogP contribution in [0.1, 0.15) is 17.5 Å². The third-order valence-electron chi connectivity index (χ3n) is 4.61. The van der Waals surface area contributed by atoms with Crippen molar-refractivity contribution in [2.24, 2.45) is 4.99 Å². The number of ether oxygens (including phenoxy) is 3. The quantitative estimate of drug-likeness (QED) is 0.690. The summed E-state index contributed by atoms with van der Waals surface area (Å²) >= 11 is 1.64. The Balaban J connectivity index is 1.77. The van der Waals surface area contributed by atoms with Crippen LogP contribution in [-0.4, -0.2) is 49.6 Å². The van der Waals surface area contributed by atoms with E-state index in [1.54, 1.807) is 38.0 Å². The minimum Gasteiger partial charge on any atom is -0.493 e. The van der Waals surface area contributed by atoms with Crippen molar-refractivity contribution in [3.63, 3.8) is 0 Å². The molecule has 154 valence electrons. The number of methoxy groups -OCH3 is 3. The number of hydrogen-bond acceptors (Lipinski definition) is 6. The summed E-state index contributed by atoms with van der Waals surface area (Å²) in [6.07, 6.45) is 1.19. The van der Waals surface area contributed by atoms with Crippen molar-refractivity contribution in [3.05, 3.63) is 53.6 Å². The summed E-state index contributed by atoms with van der Waals surface area (Å²) < 4.78 is 16.2. The zero-order valence-electron chi connectivity index (χ0n) is 17.0. The second kappa shape index (κ2) is 10.2. The number of amidine groups is 1. The number of amides is 1. The Morgan fingerprint density at radius 1 is 1.03 bits per heavy atom. The minimum absolute atomic E-state index is 0.0123. The zero-order chi connectivity index (χ0) is 20.6. The number of hydrogen-bond donors (Lipinski definition) is 0. The van der Waals surface area contributed by atoms with Gasteiger partial charge in [-0.3, -0.25) is 14.7 Å². The van der Waals surface area contributed by atoms with Crippen LogP contribution in [0.5, 0.6) is 17.2 Å². The average molecular weight is 415 g/mol. The first-order valence-electron chi connectivity index (χ1n) is 9.46. The molecule has 6 nitrogen and oxygen atoms in total. The summed E-state index contributed by atoms with van der Waals surface area (Å²) in [5.41, 5.74) is 1.94. The average Bonchev–Trinajstić information content (AvgIpc) is 2.77. The lowest BCUT2D eigenvalue weighted by Crippen LogP contribution is -2.40. The number of thioether (sulfide) groups is 1. The molecule has 2 aromatic rings. The molecule has 1 aliphatic rings. The van der Waals surface area contributed by atoms with Crippen LogP contribution in [0.2, 0.25) is 0 Å². The van der Waals surface area contributed by atoms with Crippen molar-refractivity contribution in [1.29, 1.82) is 0 Å². The van der Waals surface area contributed by atoms with Crippen LogP contribution in [0.25, 0.3) is 0 Å². The second-order valence-corrected chi connectivity index (χ2v) is 7.60.